The summed E-state index contributed by atoms with van der Waals surface area (Å²) < 4.78 is 0. The van der Waals surface area contributed by atoms with Crippen molar-refractivity contribution in [3.8, 4) is 11.3 Å². The van der Waals surface area contributed by atoms with E-state index in [9.17, 15) is 14.7 Å². The van der Waals surface area contributed by atoms with Gasteiger partial charge in [0.1, 0.15) is 5.01 Å². The number of hydrogen-bond acceptors (Lipinski definition) is 5. The van der Waals surface area contributed by atoms with Crippen LogP contribution in [-0.2, 0) is 11.3 Å². The topological polar surface area (TPSA) is 85.8 Å². The first-order chi connectivity index (χ1) is 14.4. The average molecular weight is 429 g/mol. The molecule has 0 radical (unpaired) electrons. The molecule has 3 heterocycles. The lowest BCUT2D eigenvalue weighted by Crippen LogP contribution is -2.45. The highest BCUT2D eigenvalue weighted by Crippen LogP contribution is 2.39. The van der Waals surface area contributed by atoms with E-state index in [0.29, 0.717) is 6.42 Å². The van der Waals surface area contributed by atoms with Gasteiger partial charge in [-0.3, -0.25) is 9.69 Å². The summed E-state index contributed by atoms with van der Waals surface area (Å²) in [5.41, 5.74) is 3.45. The second-order valence-corrected chi connectivity index (χ2v) is 9.16. The second-order valence-electron chi connectivity index (χ2n) is 8.21. The fraction of sp³-hybridized carbons (Fsp3) is 0.500. The second kappa shape index (κ2) is 8.73. The van der Waals surface area contributed by atoms with Gasteiger partial charge in [-0.1, -0.05) is 12.5 Å². The van der Waals surface area contributed by atoms with Gasteiger partial charge in [0, 0.05) is 29.6 Å². The molecule has 2 aliphatic rings. The molecule has 2 N–H and O–H groups in total. The summed E-state index contributed by atoms with van der Waals surface area (Å²) in [4.78, 5) is 32.6. The lowest BCUT2D eigenvalue weighted by atomic mass is 9.90. The van der Waals surface area contributed by atoms with E-state index in [-0.39, 0.29) is 18.0 Å². The zero-order valence-corrected chi connectivity index (χ0v) is 18.2. The van der Waals surface area contributed by atoms with Crippen LogP contribution in [0.25, 0.3) is 11.3 Å². The highest BCUT2D eigenvalue weighted by Gasteiger charge is 2.33. The molecule has 1 aromatic carbocycles. The summed E-state index contributed by atoms with van der Waals surface area (Å²) in [7, 11) is 0. The maximum absolute atomic E-state index is 12.2. The number of nitrogens with one attached hydrogen (secondary N) is 1. The van der Waals surface area contributed by atoms with Crippen LogP contribution < -0.4 is 10.2 Å². The van der Waals surface area contributed by atoms with Crippen molar-refractivity contribution in [1.82, 2.24) is 15.2 Å². The minimum absolute atomic E-state index is 0.0391. The number of amides is 2. The van der Waals surface area contributed by atoms with Crippen molar-refractivity contribution in [1.29, 1.82) is 0 Å². The van der Waals surface area contributed by atoms with E-state index in [1.807, 2.05) is 25.1 Å². The molecule has 8 heteroatoms. The molecule has 0 aliphatic carbocycles. The first-order valence-electron chi connectivity index (χ1n) is 10.5. The van der Waals surface area contributed by atoms with Gasteiger partial charge >= 0.3 is 6.09 Å². The Morgan fingerprint density at radius 3 is 2.73 bits per heavy atom. The number of hydrogen-bond donors (Lipinski definition) is 2. The summed E-state index contributed by atoms with van der Waals surface area (Å²) in [5.74, 6) is -0.0391. The van der Waals surface area contributed by atoms with Gasteiger partial charge in [0.2, 0.25) is 5.91 Å². The summed E-state index contributed by atoms with van der Waals surface area (Å²) in [6.45, 7) is 6.65. The molecule has 1 saturated heterocycles. The van der Waals surface area contributed by atoms with E-state index >= 15 is 0 Å². The number of carbonyl (C=O) groups is 2. The Labute approximate surface area is 180 Å². The molecule has 2 aliphatic heterocycles. The van der Waals surface area contributed by atoms with Gasteiger partial charge in [0.05, 0.1) is 18.3 Å². The lowest BCUT2D eigenvalue weighted by Gasteiger charge is -2.39. The Bertz CT molecular complexity index is 938. The minimum atomic E-state index is -1.06. The van der Waals surface area contributed by atoms with E-state index in [1.54, 1.807) is 23.2 Å². The fourth-order valence-electron chi connectivity index (χ4n) is 4.61. The van der Waals surface area contributed by atoms with Crippen LogP contribution in [0.2, 0.25) is 0 Å². The molecule has 0 spiro atoms. The number of benzene rings is 1. The van der Waals surface area contributed by atoms with E-state index in [4.69, 9.17) is 4.98 Å². The number of anilines is 1. The van der Waals surface area contributed by atoms with Crippen molar-refractivity contribution >= 4 is 29.0 Å². The third kappa shape index (κ3) is 4.34. The number of likely N-dealkylation sites (tertiary alicyclic amines) is 1. The van der Waals surface area contributed by atoms with Crippen LogP contribution in [0, 0.1) is 0 Å². The Kier molecular flexibility index (Phi) is 6.06. The Morgan fingerprint density at radius 2 is 2.03 bits per heavy atom. The van der Waals surface area contributed by atoms with Crippen molar-refractivity contribution in [2.45, 2.75) is 58.2 Å². The van der Waals surface area contributed by atoms with Gasteiger partial charge in [-0.15, -0.1) is 11.3 Å². The number of carboxylic acid groups (broad SMARTS) is 1. The van der Waals surface area contributed by atoms with Gasteiger partial charge in [-0.25, -0.2) is 9.78 Å². The maximum atomic E-state index is 12.2. The average Bonchev–Trinajstić information content (AvgIpc) is 3.16. The number of piperidine rings is 1. The summed E-state index contributed by atoms with van der Waals surface area (Å²) >= 11 is 1.67. The van der Waals surface area contributed by atoms with Crippen LogP contribution >= 0.6 is 11.3 Å². The molecule has 30 heavy (non-hydrogen) atoms. The van der Waals surface area contributed by atoms with Crippen molar-refractivity contribution in [2.24, 2.45) is 0 Å². The minimum Gasteiger partial charge on any atom is -0.465 e. The van der Waals surface area contributed by atoms with Crippen molar-refractivity contribution in [2.75, 3.05) is 18.0 Å². The summed E-state index contributed by atoms with van der Waals surface area (Å²) in [6, 6.07) is 5.45. The molecule has 0 unspecified atom stereocenters. The molecule has 2 atom stereocenters. The normalized spacial score (nSPS) is 21.9. The molecule has 0 bridgehead atoms. The molecule has 2 aromatic rings. The number of thiazole rings is 1. The predicted molar refractivity (Wildman–Crippen MR) is 118 cm³/mol. The third-order valence-corrected chi connectivity index (χ3v) is 6.81. The van der Waals surface area contributed by atoms with E-state index in [1.165, 1.54) is 19.3 Å². The molecule has 7 nitrogen and oxygen atoms in total. The van der Waals surface area contributed by atoms with E-state index in [2.05, 4.69) is 15.6 Å². The molecule has 0 saturated carbocycles. The van der Waals surface area contributed by atoms with Crippen LogP contribution in [0.4, 0.5) is 10.5 Å². The molecule has 2 amide bonds. The largest absolute Gasteiger partial charge is 0.465 e. The molecule has 1 fully saturated rings. The van der Waals surface area contributed by atoms with Crippen molar-refractivity contribution in [3.05, 3.63) is 34.2 Å². The monoisotopic (exact) mass is 428 g/mol. The summed E-state index contributed by atoms with van der Waals surface area (Å²) in [6.07, 6.45) is 3.31. The standard InChI is InChI=1S/C22H28N4O3S/c1-14-10-18(24-22(28)29)17-11-16(6-7-20(17)26(14)15(2)27)19-13-30-21(23-19)12-25-8-4-3-5-9-25/h6-7,11,13-14,18,24H,3-5,8-10,12H2,1-2H3,(H,28,29)/t14-,18+/m1/s1. The Balaban J connectivity index is 1.63. The number of carbonyl (C=O) groups excluding carboxylic acids is 1. The van der Waals surface area contributed by atoms with Crippen LogP contribution in [0.5, 0.6) is 0 Å². The SMILES string of the molecule is CC(=O)N1c2ccc(-c3csc(CN4CCCCC4)n3)cc2[C@@H](NC(=O)O)C[C@H]1C. The van der Waals surface area contributed by atoms with Gasteiger partial charge in [0.25, 0.3) is 0 Å². The highest BCUT2D eigenvalue weighted by atomic mass is 32.1. The van der Waals surface area contributed by atoms with Crippen molar-refractivity contribution < 1.29 is 14.7 Å². The Morgan fingerprint density at radius 1 is 1.27 bits per heavy atom. The zero-order valence-electron chi connectivity index (χ0n) is 17.4. The predicted octanol–water partition coefficient (Wildman–Crippen LogP) is 4.25. The van der Waals surface area contributed by atoms with Crippen molar-refractivity contribution in [3.63, 3.8) is 0 Å². The van der Waals surface area contributed by atoms with Gasteiger partial charge in [-0.2, -0.15) is 0 Å². The van der Waals surface area contributed by atoms with Crippen LogP contribution in [-0.4, -0.2) is 46.1 Å². The van der Waals surface area contributed by atoms with Crippen LogP contribution in [0.15, 0.2) is 23.6 Å². The zero-order chi connectivity index (χ0) is 21.3. The highest BCUT2D eigenvalue weighted by molar-refractivity contribution is 7.09. The smallest absolute Gasteiger partial charge is 0.405 e. The fourth-order valence-corrected chi connectivity index (χ4v) is 5.46. The number of rotatable bonds is 4. The van der Waals surface area contributed by atoms with Crippen LogP contribution in [0.3, 0.4) is 0 Å². The molecule has 1 aromatic heterocycles. The van der Waals surface area contributed by atoms with Gasteiger partial charge in [-0.05, 0) is 57.0 Å². The quantitative estimate of drug-likeness (QED) is 0.760. The molecule has 160 valence electrons. The van der Waals surface area contributed by atoms with Gasteiger partial charge in [0.15, 0.2) is 0 Å². The van der Waals surface area contributed by atoms with Crippen LogP contribution in [0.1, 0.15) is 56.1 Å². The first-order valence-corrected chi connectivity index (χ1v) is 11.4. The number of nitrogens with zero attached hydrogens (tertiary/aromatic N) is 3. The third-order valence-electron chi connectivity index (χ3n) is 5.97. The molecular weight excluding hydrogens is 400 g/mol. The van der Waals surface area contributed by atoms with E-state index in [0.717, 1.165) is 47.2 Å². The Hall–Kier alpha value is -2.45. The maximum Gasteiger partial charge on any atom is 0.405 e. The molecule has 4 rings (SSSR count). The first kappa shape index (κ1) is 20.8. The van der Waals surface area contributed by atoms with Gasteiger partial charge < -0.3 is 15.3 Å². The van der Waals surface area contributed by atoms with E-state index < -0.39 is 6.09 Å². The summed E-state index contributed by atoms with van der Waals surface area (Å²) in [5, 5.41) is 15.1. The number of fused-ring (bicyclic) bond motifs is 1. The molecular formula is C22H28N4O3S. The lowest BCUT2D eigenvalue weighted by molar-refractivity contribution is -0.117. The number of aromatic nitrogens is 1.